The summed E-state index contributed by atoms with van der Waals surface area (Å²) in [5, 5.41) is 0. The fraction of sp³-hybridized carbons (Fsp3) is 1.00. The Morgan fingerprint density at radius 3 is 2.00 bits per heavy atom. The van der Waals surface area contributed by atoms with Gasteiger partial charge in [-0.05, 0) is 29.6 Å². The summed E-state index contributed by atoms with van der Waals surface area (Å²) in [6.45, 7) is 16.1. The van der Waals surface area contributed by atoms with Gasteiger partial charge in [-0.3, -0.25) is 0 Å². The molecule has 0 nitrogen and oxygen atoms in total. The SMILES string of the molecule is CCCC(C)(C)C(S)(S)SSCC(C)(C)CC(C)C. The molecule has 0 amide bonds. The molecule has 0 fully saturated rings. The van der Waals surface area contributed by atoms with Crippen molar-refractivity contribution in [2.24, 2.45) is 16.7 Å². The van der Waals surface area contributed by atoms with Crippen LogP contribution in [-0.2, 0) is 0 Å². The van der Waals surface area contributed by atoms with Crippen molar-refractivity contribution in [2.45, 2.75) is 71.1 Å². The molecule has 0 radical (unpaired) electrons. The summed E-state index contributed by atoms with van der Waals surface area (Å²) in [5.74, 6) is 1.91. The topological polar surface area (TPSA) is 0 Å². The van der Waals surface area contributed by atoms with E-state index in [1.165, 1.54) is 12.8 Å². The summed E-state index contributed by atoms with van der Waals surface area (Å²) < 4.78 is -0.276. The normalized spacial score (nSPS) is 14.2. The molecule has 0 N–H and O–H groups in total. The van der Waals surface area contributed by atoms with E-state index in [0.717, 1.165) is 18.1 Å². The van der Waals surface area contributed by atoms with Crippen molar-refractivity contribution in [3.63, 3.8) is 0 Å². The van der Waals surface area contributed by atoms with Gasteiger partial charge in [0, 0.05) is 5.75 Å². The molecular formula is C15H32S4. The van der Waals surface area contributed by atoms with Crippen LogP contribution in [0.2, 0.25) is 0 Å². The first-order chi connectivity index (χ1) is 8.43. The highest BCUT2D eigenvalue weighted by atomic mass is 33.1. The lowest BCUT2D eigenvalue weighted by molar-refractivity contribution is 0.328. The third-order valence-corrected chi connectivity index (χ3v) is 9.10. The van der Waals surface area contributed by atoms with Crippen LogP contribution in [0.25, 0.3) is 0 Å². The third kappa shape index (κ3) is 7.82. The molecule has 0 heterocycles. The Morgan fingerprint density at radius 1 is 1.05 bits per heavy atom. The van der Waals surface area contributed by atoms with Crippen LogP contribution in [-0.4, -0.2) is 9.16 Å². The molecule has 0 aliphatic heterocycles. The molecule has 0 aromatic carbocycles. The van der Waals surface area contributed by atoms with Gasteiger partial charge < -0.3 is 0 Å². The quantitative estimate of drug-likeness (QED) is 0.270. The predicted octanol–water partition coefficient (Wildman–Crippen LogP) is 6.78. The van der Waals surface area contributed by atoms with Gasteiger partial charge in [0.05, 0.1) is 0 Å². The van der Waals surface area contributed by atoms with Crippen molar-refractivity contribution in [1.29, 1.82) is 0 Å². The molecule has 0 spiro atoms. The lowest BCUT2D eigenvalue weighted by atomic mass is 9.86. The molecule has 0 aliphatic carbocycles. The van der Waals surface area contributed by atoms with Gasteiger partial charge in [0.2, 0.25) is 0 Å². The van der Waals surface area contributed by atoms with E-state index >= 15 is 0 Å². The molecule has 116 valence electrons. The Morgan fingerprint density at radius 2 is 1.58 bits per heavy atom. The monoisotopic (exact) mass is 340 g/mol. The Labute approximate surface area is 140 Å². The zero-order valence-corrected chi connectivity index (χ0v) is 17.0. The van der Waals surface area contributed by atoms with Crippen molar-refractivity contribution < 1.29 is 0 Å². The van der Waals surface area contributed by atoms with E-state index in [4.69, 9.17) is 25.3 Å². The van der Waals surface area contributed by atoms with Gasteiger partial charge in [-0.2, -0.15) is 0 Å². The lowest BCUT2D eigenvalue weighted by Crippen LogP contribution is -2.31. The molecule has 0 aromatic rings. The summed E-state index contributed by atoms with van der Waals surface area (Å²) in [6, 6.07) is 0. The predicted molar refractivity (Wildman–Crippen MR) is 103 cm³/mol. The van der Waals surface area contributed by atoms with E-state index in [1.54, 1.807) is 0 Å². The Hall–Kier alpha value is 1.40. The molecular weight excluding hydrogens is 308 g/mol. The molecule has 0 atom stereocenters. The molecule has 0 aromatic heterocycles. The largest absolute Gasteiger partial charge is 0.150 e. The molecule has 19 heavy (non-hydrogen) atoms. The molecule has 0 saturated carbocycles. The average molecular weight is 341 g/mol. The van der Waals surface area contributed by atoms with Crippen LogP contribution in [0.5, 0.6) is 0 Å². The van der Waals surface area contributed by atoms with Crippen LogP contribution in [0, 0.1) is 16.7 Å². The van der Waals surface area contributed by atoms with Crippen molar-refractivity contribution in [3.05, 3.63) is 0 Å². The summed E-state index contributed by atoms with van der Waals surface area (Å²) in [7, 11) is 3.75. The second kappa shape index (κ2) is 8.14. The first kappa shape index (κ1) is 20.4. The van der Waals surface area contributed by atoms with Crippen LogP contribution in [0.4, 0.5) is 0 Å². The highest BCUT2D eigenvalue weighted by Crippen LogP contribution is 2.56. The van der Waals surface area contributed by atoms with E-state index in [-0.39, 0.29) is 8.83 Å². The number of hydrogen-bond donors (Lipinski definition) is 2. The highest BCUT2D eigenvalue weighted by Gasteiger charge is 2.39. The summed E-state index contributed by atoms with van der Waals surface area (Å²) >= 11 is 9.61. The van der Waals surface area contributed by atoms with Crippen molar-refractivity contribution in [3.8, 4) is 0 Å². The number of rotatable bonds is 9. The molecule has 0 aliphatic rings. The number of hydrogen-bond acceptors (Lipinski definition) is 4. The van der Waals surface area contributed by atoms with Gasteiger partial charge in [-0.1, -0.05) is 76.5 Å². The van der Waals surface area contributed by atoms with E-state index in [0.29, 0.717) is 5.41 Å². The smallest absolute Gasteiger partial charge is 0.116 e. The molecule has 0 rings (SSSR count). The van der Waals surface area contributed by atoms with E-state index in [2.05, 4.69) is 48.5 Å². The second-order valence-corrected chi connectivity index (χ2v) is 12.2. The van der Waals surface area contributed by atoms with Gasteiger partial charge in [-0.15, -0.1) is 25.3 Å². The van der Waals surface area contributed by atoms with E-state index < -0.39 is 0 Å². The molecule has 0 bridgehead atoms. The maximum atomic E-state index is 4.81. The maximum Gasteiger partial charge on any atom is 0.116 e. The van der Waals surface area contributed by atoms with Crippen LogP contribution >= 0.6 is 46.8 Å². The second-order valence-electron chi connectivity index (χ2n) is 7.35. The van der Waals surface area contributed by atoms with Crippen molar-refractivity contribution in [1.82, 2.24) is 0 Å². The zero-order chi connectivity index (χ0) is 15.3. The van der Waals surface area contributed by atoms with Crippen LogP contribution in [0.3, 0.4) is 0 Å². The summed E-state index contributed by atoms with van der Waals surface area (Å²) in [5.41, 5.74) is 0.520. The minimum Gasteiger partial charge on any atom is -0.150 e. The molecule has 4 heteroatoms. The van der Waals surface area contributed by atoms with Gasteiger partial charge in [0.1, 0.15) is 3.41 Å². The van der Waals surface area contributed by atoms with E-state index in [9.17, 15) is 0 Å². The van der Waals surface area contributed by atoms with E-state index in [1.807, 2.05) is 21.6 Å². The highest BCUT2D eigenvalue weighted by molar-refractivity contribution is 8.80. The summed E-state index contributed by atoms with van der Waals surface area (Å²) in [4.78, 5) is 0. The fourth-order valence-corrected chi connectivity index (χ4v) is 6.80. The van der Waals surface area contributed by atoms with Gasteiger partial charge in [-0.25, -0.2) is 0 Å². The van der Waals surface area contributed by atoms with Gasteiger partial charge in [0.25, 0.3) is 0 Å². The van der Waals surface area contributed by atoms with Gasteiger partial charge in [0.15, 0.2) is 0 Å². The Kier molecular flexibility index (Phi) is 8.74. The van der Waals surface area contributed by atoms with Gasteiger partial charge >= 0.3 is 0 Å². The Bertz CT molecular complexity index is 257. The first-order valence-electron chi connectivity index (χ1n) is 7.19. The molecule has 0 unspecified atom stereocenters. The maximum absolute atomic E-state index is 4.81. The molecule has 0 saturated heterocycles. The first-order valence-corrected chi connectivity index (χ1v) is 10.4. The summed E-state index contributed by atoms with van der Waals surface area (Å²) in [6.07, 6.45) is 3.61. The van der Waals surface area contributed by atoms with Crippen LogP contribution in [0.1, 0.15) is 67.7 Å². The van der Waals surface area contributed by atoms with Crippen LogP contribution < -0.4 is 0 Å². The zero-order valence-electron chi connectivity index (χ0n) is 13.6. The minimum absolute atomic E-state index is 0.133. The van der Waals surface area contributed by atoms with Crippen LogP contribution in [0.15, 0.2) is 0 Å². The van der Waals surface area contributed by atoms with Crippen molar-refractivity contribution >= 4 is 46.8 Å². The fourth-order valence-electron chi connectivity index (χ4n) is 2.34. The standard InChI is InChI=1S/C15H32S4/c1-8-9-14(6,7)15(16,17)19-18-11-13(4,5)10-12(2)3/h12,16-17H,8-11H2,1-7H3. The average Bonchev–Trinajstić information content (AvgIpc) is 2.13. The lowest BCUT2D eigenvalue weighted by Gasteiger charge is -2.39. The number of thiol groups is 2. The Balaban J connectivity index is 4.32. The minimum atomic E-state index is -0.276. The third-order valence-electron chi connectivity index (χ3n) is 3.34. The van der Waals surface area contributed by atoms with Crippen molar-refractivity contribution in [2.75, 3.05) is 5.75 Å².